The van der Waals surface area contributed by atoms with Crippen LogP contribution in [0.2, 0.25) is 0 Å². The Kier molecular flexibility index (Phi) is 4.55. The maximum absolute atomic E-state index is 5.08. The van der Waals surface area contributed by atoms with Crippen molar-refractivity contribution >= 4 is 43.7 Å². The van der Waals surface area contributed by atoms with E-state index in [9.17, 15) is 0 Å². The molecular formula is C11H13BrN2OS2. The maximum atomic E-state index is 5.08. The van der Waals surface area contributed by atoms with Gasteiger partial charge in [-0.1, -0.05) is 0 Å². The summed E-state index contributed by atoms with van der Waals surface area (Å²) in [5.41, 5.74) is 1.03. The molecule has 6 heteroatoms. The van der Waals surface area contributed by atoms with Gasteiger partial charge in [-0.25, -0.2) is 4.98 Å². The number of hydrogen-bond acceptors (Lipinski definition) is 5. The number of anilines is 1. The van der Waals surface area contributed by atoms with Gasteiger partial charge in [-0.15, -0.1) is 22.7 Å². The van der Waals surface area contributed by atoms with Crippen molar-refractivity contribution in [3.63, 3.8) is 0 Å². The van der Waals surface area contributed by atoms with Gasteiger partial charge < -0.3 is 10.1 Å². The van der Waals surface area contributed by atoms with Crippen LogP contribution in [0.3, 0.4) is 0 Å². The Labute approximate surface area is 117 Å². The van der Waals surface area contributed by atoms with Crippen molar-refractivity contribution in [2.45, 2.75) is 13.0 Å². The van der Waals surface area contributed by atoms with Crippen molar-refractivity contribution in [3.8, 4) is 10.6 Å². The summed E-state index contributed by atoms with van der Waals surface area (Å²) in [4.78, 5) is 5.74. The number of rotatable bonds is 5. The molecular weight excluding hydrogens is 320 g/mol. The molecule has 0 spiro atoms. The third-order valence-electron chi connectivity index (χ3n) is 2.12. The number of ether oxygens (including phenoxy) is 1. The number of halogens is 1. The second-order valence-electron chi connectivity index (χ2n) is 3.64. The number of thiazole rings is 1. The Bertz CT molecular complexity index is 483. The number of nitrogens with one attached hydrogen (secondary N) is 1. The molecule has 0 aliphatic rings. The summed E-state index contributed by atoms with van der Waals surface area (Å²) in [5, 5.41) is 6.32. The lowest BCUT2D eigenvalue weighted by Gasteiger charge is -2.10. The number of hydrogen-bond donors (Lipinski definition) is 1. The molecule has 92 valence electrons. The van der Waals surface area contributed by atoms with Gasteiger partial charge in [-0.05, 0) is 35.0 Å². The Morgan fingerprint density at radius 1 is 1.53 bits per heavy atom. The van der Waals surface area contributed by atoms with Gasteiger partial charge in [0.05, 0.1) is 21.0 Å². The van der Waals surface area contributed by atoms with Crippen LogP contribution >= 0.6 is 38.6 Å². The average Bonchev–Trinajstić information content (AvgIpc) is 2.87. The zero-order valence-corrected chi connectivity index (χ0v) is 12.8. The molecule has 2 heterocycles. The zero-order chi connectivity index (χ0) is 12.3. The van der Waals surface area contributed by atoms with Crippen LogP contribution in [0.5, 0.6) is 0 Å². The van der Waals surface area contributed by atoms with Crippen LogP contribution in [0.15, 0.2) is 21.3 Å². The van der Waals surface area contributed by atoms with E-state index in [2.05, 4.69) is 44.6 Å². The summed E-state index contributed by atoms with van der Waals surface area (Å²) in [6.45, 7) is 2.76. The summed E-state index contributed by atoms with van der Waals surface area (Å²) < 4.78 is 6.21. The summed E-state index contributed by atoms with van der Waals surface area (Å²) in [6, 6.07) is 4.39. The highest BCUT2D eigenvalue weighted by Crippen LogP contribution is 2.33. The first-order valence-electron chi connectivity index (χ1n) is 5.15. The molecule has 2 aromatic rings. The number of nitrogens with zero attached hydrogens (tertiary/aromatic N) is 1. The molecule has 0 bridgehead atoms. The second-order valence-corrected chi connectivity index (χ2v) is 6.96. The van der Waals surface area contributed by atoms with Crippen LogP contribution in [-0.2, 0) is 4.74 Å². The minimum Gasteiger partial charge on any atom is -0.383 e. The quantitative estimate of drug-likeness (QED) is 0.895. The lowest BCUT2D eigenvalue weighted by Crippen LogP contribution is -2.20. The van der Waals surface area contributed by atoms with Gasteiger partial charge in [0.1, 0.15) is 0 Å². The Morgan fingerprint density at radius 3 is 3.00 bits per heavy atom. The smallest absolute Gasteiger partial charge is 0.183 e. The predicted molar refractivity (Wildman–Crippen MR) is 78.1 cm³/mol. The number of thiophene rings is 1. The SMILES string of the molecule is COCC(C)Nc1nc(-c2ccc(Br)s2)cs1. The van der Waals surface area contributed by atoms with E-state index in [0.29, 0.717) is 6.61 Å². The van der Waals surface area contributed by atoms with E-state index in [-0.39, 0.29) is 6.04 Å². The maximum Gasteiger partial charge on any atom is 0.183 e. The Hall–Kier alpha value is -0.430. The summed E-state index contributed by atoms with van der Waals surface area (Å²) in [6.07, 6.45) is 0. The van der Waals surface area contributed by atoms with E-state index < -0.39 is 0 Å². The minimum atomic E-state index is 0.272. The minimum absolute atomic E-state index is 0.272. The lowest BCUT2D eigenvalue weighted by molar-refractivity contribution is 0.190. The zero-order valence-electron chi connectivity index (χ0n) is 9.57. The van der Waals surface area contributed by atoms with Gasteiger partial charge in [-0.2, -0.15) is 0 Å². The van der Waals surface area contributed by atoms with Crippen LogP contribution in [0.1, 0.15) is 6.92 Å². The van der Waals surface area contributed by atoms with Gasteiger partial charge in [0.25, 0.3) is 0 Å². The molecule has 0 aromatic carbocycles. The van der Waals surface area contributed by atoms with Crippen LogP contribution in [0, 0.1) is 0 Å². The van der Waals surface area contributed by atoms with E-state index in [1.165, 1.54) is 4.88 Å². The predicted octanol–water partition coefficient (Wildman–Crippen LogP) is 4.08. The molecule has 0 saturated carbocycles. The van der Waals surface area contributed by atoms with Crippen molar-refractivity contribution < 1.29 is 4.74 Å². The molecule has 0 saturated heterocycles. The van der Waals surface area contributed by atoms with Crippen molar-refractivity contribution in [2.75, 3.05) is 19.0 Å². The van der Waals surface area contributed by atoms with Crippen molar-refractivity contribution in [1.29, 1.82) is 0 Å². The van der Waals surface area contributed by atoms with E-state index >= 15 is 0 Å². The van der Waals surface area contributed by atoms with E-state index in [1.807, 2.05) is 6.07 Å². The van der Waals surface area contributed by atoms with Crippen LogP contribution in [0.4, 0.5) is 5.13 Å². The summed E-state index contributed by atoms with van der Waals surface area (Å²) in [5.74, 6) is 0. The third kappa shape index (κ3) is 3.51. The molecule has 2 aromatic heterocycles. The molecule has 0 aliphatic carbocycles. The number of aromatic nitrogens is 1. The molecule has 3 nitrogen and oxygen atoms in total. The molecule has 17 heavy (non-hydrogen) atoms. The lowest BCUT2D eigenvalue weighted by atomic mass is 10.4. The van der Waals surface area contributed by atoms with Crippen LogP contribution in [0.25, 0.3) is 10.6 Å². The van der Waals surface area contributed by atoms with Crippen LogP contribution in [-0.4, -0.2) is 24.7 Å². The van der Waals surface area contributed by atoms with E-state index in [4.69, 9.17) is 4.74 Å². The van der Waals surface area contributed by atoms with Crippen molar-refractivity contribution in [1.82, 2.24) is 4.98 Å². The van der Waals surface area contributed by atoms with Crippen LogP contribution < -0.4 is 5.32 Å². The van der Waals surface area contributed by atoms with Gasteiger partial charge >= 0.3 is 0 Å². The average molecular weight is 333 g/mol. The summed E-state index contributed by atoms with van der Waals surface area (Å²) in [7, 11) is 1.70. The standard InChI is InChI=1S/C11H13BrN2OS2/c1-7(5-15-2)13-11-14-8(6-16-11)9-3-4-10(12)17-9/h3-4,6-7H,5H2,1-2H3,(H,13,14). The Balaban J connectivity index is 2.05. The first-order chi connectivity index (χ1) is 8.19. The number of methoxy groups -OCH3 is 1. The van der Waals surface area contributed by atoms with E-state index in [0.717, 1.165) is 14.6 Å². The molecule has 0 amide bonds. The fourth-order valence-electron chi connectivity index (χ4n) is 1.41. The molecule has 2 rings (SSSR count). The second kappa shape index (κ2) is 5.95. The third-order valence-corrected chi connectivity index (χ3v) is 4.54. The highest BCUT2D eigenvalue weighted by atomic mass is 79.9. The van der Waals surface area contributed by atoms with E-state index in [1.54, 1.807) is 29.8 Å². The van der Waals surface area contributed by atoms with Gasteiger partial charge in [-0.3, -0.25) is 0 Å². The van der Waals surface area contributed by atoms with Crippen molar-refractivity contribution in [3.05, 3.63) is 21.3 Å². The fraction of sp³-hybridized carbons (Fsp3) is 0.364. The molecule has 0 fully saturated rings. The molecule has 1 unspecified atom stereocenters. The largest absolute Gasteiger partial charge is 0.383 e. The molecule has 0 radical (unpaired) electrons. The first-order valence-corrected chi connectivity index (χ1v) is 7.64. The fourth-order valence-corrected chi connectivity index (χ4v) is 3.65. The first kappa shape index (κ1) is 13.0. The molecule has 0 aliphatic heterocycles. The normalized spacial score (nSPS) is 12.6. The van der Waals surface area contributed by atoms with Crippen molar-refractivity contribution in [2.24, 2.45) is 0 Å². The summed E-state index contributed by atoms with van der Waals surface area (Å²) >= 11 is 6.77. The monoisotopic (exact) mass is 332 g/mol. The molecule has 1 atom stereocenters. The highest BCUT2D eigenvalue weighted by molar-refractivity contribution is 9.11. The molecule has 1 N–H and O–H groups in total. The van der Waals surface area contributed by atoms with Gasteiger partial charge in [0, 0.05) is 18.5 Å². The van der Waals surface area contributed by atoms with Gasteiger partial charge in [0.2, 0.25) is 0 Å². The highest BCUT2D eigenvalue weighted by Gasteiger charge is 2.08. The Morgan fingerprint density at radius 2 is 2.35 bits per heavy atom. The van der Waals surface area contributed by atoms with Gasteiger partial charge in [0.15, 0.2) is 5.13 Å². The topological polar surface area (TPSA) is 34.1 Å².